The number of hydrogen-bond donors (Lipinski definition) is 1. The minimum atomic E-state index is -0.635. The van der Waals surface area contributed by atoms with Crippen LogP contribution < -0.4 is 14.8 Å². The molecule has 0 radical (unpaired) electrons. The molecule has 24 heavy (non-hydrogen) atoms. The van der Waals surface area contributed by atoms with Gasteiger partial charge in [-0.1, -0.05) is 0 Å². The van der Waals surface area contributed by atoms with E-state index in [0.29, 0.717) is 36.2 Å². The summed E-state index contributed by atoms with van der Waals surface area (Å²) in [4.78, 5) is 23.3. The first-order valence-electron chi connectivity index (χ1n) is 7.28. The first kappa shape index (κ1) is 15.7. The molecular weight excluding hydrogens is 314 g/mol. The zero-order valence-electron chi connectivity index (χ0n) is 12.7. The molecule has 2 heterocycles. The number of ether oxygens (including phenoxy) is 3. The highest BCUT2D eigenvalue weighted by Crippen LogP contribution is 2.32. The normalized spacial score (nSPS) is 12.8. The fourth-order valence-electron chi connectivity index (χ4n) is 2.04. The third-order valence-electron chi connectivity index (χ3n) is 3.10. The number of fused-ring (bicyclic) bond motifs is 1. The van der Waals surface area contributed by atoms with Crippen LogP contribution in [0.25, 0.3) is 6.08 Å². The number of amides is 1. The summed E-state index contributed by atoms with van der Waals surface area (Å²) >= 11 is 0. The van der Waals surface area contributed by atoms with Crippen molar-refractivity contribution in [2.75, 3.05) is 25.1 Å². The van der Waals surface area contributed by atoms with E-state index in [-0.39, 0.29) is 0 Å². The Labute approximate surface area is 137 Å². The van der Waals surface area contributed by atoms with Gasteiger partial charge < -0.3 is 23.9 Å². The van der Waals surface area contributed by atoms with Gasteiger partial charge in [-0.2, -0.15) is 0 Å². The van der Waals surface area contributed by atoms with Crippen molar-refractivity contribution in [2.45, 2.75) is 0 Å². The number of esters is 1. The maximum Gasteiger partial charge on any atom is 0.331 e. The van der Waals surface area contributed by atoms with Gasteiger partial charge in [0.15, 0.2) is 18.1 Å². The number of anilines is 1. The van der Waals surface area contributed by atoms with Gasteiger partial charge in [0.05, 0.1) is 6.26 Å². The molecule has 1 aliphatic rings. The van der Waals surface area contributed by atoms with E-state index in [1.807, 2.05) is 0 Å². The number of nitrogens with one attached hydrogen (secondary N) is 1. The Kier molecular flexibility index (Phi) is 4.81. The first-order chi connectivity index (χ1) is 11.7. The van der Waals surface area contributed by atoms with Gasteiger partial charge in [-0.05, 0) is 30.3 Å². The van der Waals surface area contributed by atoms with E-state index in [1.165, 1.54) is 18.4 Å². The zero-order valence-corrected chi connectivity index (χ0v) is 12.7. The Morgan fingerprint density at radius 2 is 2.00 bits per heavy atom. The molecule has 0 bridgehead atoms. The lowest BCUT2D eigenvalue weighted by molar-refractivity contribution is -0.142. The number of furan rings is 1. The predicted molar refractivity (Wildman–Crippen MR) is 84.8 cm³/mol. The fraction of sp³-hybridized carbons (Fsp3) is 0.176. The number of hydrogen-bond acceptors (Lipinski definition) is 6. The minimum absolute atomic E-state index is 0.393. The second kappa shape index (κ2) is 7.36. The molecule has 1 amide bonds. The Balaban J connectivity index is 1.48. The average Bonchev–Trinajstić information content (AvgIpc) is 3.11. The van der Waals surface area contributed by atoms with Crippen molar-refractivity contribution in [1.82, 2.24) is 0 Å². The maximum absolute atomic E-state index is 11.8. The van der Waals surface area contributed by atoms with E-state index in [1.54, 1.807) is 30.3 Å². The van der Waals surface area contributed by atoms with Gasteiger partial charge in [-0.25, -0.2) is 4.79 Å². The van der Waals surface area contributed by atoms with E-state index in [2.05, 4.69) is 5.32 Å². The van der Waals surface area contributed by atoms with E-state index >= 15 is 0 Å². The maximum atomic E-state index is 11.8. The third kappa shape index (κ3) is 4.16. The zero-order chi connectivity index (χ0) is 16.8. The summed E-state index contributed by atoms with van der Waals surface area (Å²) in [6.45, 7) is 0.569. The second-order valence-corrected chi connectivity index (χ2v) is 4.86. The summed E-state index contributed by atoms with van der Waals surface area (Å²) in [6.07, 6.45) is 4.14. The van der Waals surface area contributed by atoms with Crippen molar-refractivity contribution >= 4 is 23.6 Å². The van der Waals surface area contributed by atoms with Crippen molar-refractivity contribution in [3.63, 3.8) is 0 Å². The topological polar surface area (TPSA) is 87.0 Å². The van der Waals surface area contributed by atoms with Crippen molar-refractivity contribution in [3.05, 3.63) is 48.4 Å². The summed E-state index contributed by atoms with van der Waals surface area (Å²) < 4.78 is 20.7. The number of rotatable bonds is 5. The number of carbonyl (C=O) groups excluding carboxylic acids is 2. The van der Waals surface area contributed by atoms with Gasteiger partial charge in [-0.15, -0.1) is 0 Å². The predicted octanol–water partition coefficient (Wildman–Crippen LogP) is 2.25. The van der Waals surface area contributed by atoms with Crippen molar-refractivity contribution in [1.29, 1.82) is 0 Å². The van der Waals surface area contributed by atoms with Crippen LogP contribution in [0.4, 0.5) is 5.69 Å². The highest BCUT2D eigenvalue weighted by atomic mass is 16.6. The van der Waals surface area contributed by atoms with E-state index in [9.17, 15) is 9.59 Å². The van der Waals surface area contributed by atoms with Crippen LogP contribution in [0.15, 0.2) is 47.1 Å². The summed E-state index contributed by atoms with van der Waals surface area (Å²) in [5.41, 5.74) is 0.534. The molecule has 1 aromatic carbocycles. The largest absolute Gasteiger partial charge is 0.486 e. The van der Waals surface area contributed by atoms with Crippen LogP contribution >= 0.6 is 0 Å². The monoisotopic (exact) mass is 329 g/mol. The molecule has 2 aromatic rings. The van der Waals surface area contributed by atoms with Crippen molar-refractivity contribution < 1.29 is 28.2 Å². The molecule has 7 nitrogen and oxygen atoms in total. The third-order valence-corrected chi connectivity index (χ3v) is 3.10. The van der Waals surface area contributed by atoms with Gasteiger partial charge in [0.1, 0.15) is 19.0 Å². The fourth-order valence-corrected chi connectivity index (χ4v) is 2.04. The summed E-state index contributed by atoms with van der Waals surface area (Å²) in [7, 11) is 0. The minimum Gasteiger partial charge on any atom is -0.486 e. The summed E-state index contributed by atoms with van der Waals surface area (Å²) in [5, 5.41) is 2.62. The van der Waals surface area contributed by atoms with Crippen molar-refractivity contribution in [2.24, 2.45) is 0 Å². The SMILES string of the molecule is O=C(COC(=O)/C=C/c1ccco1)Nc1ccc2c(c1)OCCO2. The van der Waals surface area contributed by atoms with Crippen LogP contribution in [0.2, 0.25) is 0 Å². The molecule has 0 aliphatic carbocycles. The van der Waals surface area contributed by atoms with Gasteiger partial charge >= 0.3 is 5.97 Å². The quantitative estimate of drug-likeness (QED) is 0.669. The van der Waals surface area contributed by atoms with Crippen LogP contribution in [0.5, 0.6) is 11.5 Å². The molecule has 0 saturated carbocycles. The molecule has 3 rings (SSSR count). The highest BCUT2D eigenvalue weighted by molar-refractivity contribution is 5.94. The van der Waals surface area contributed by atoms with E-state index in [0.717, 1.165) is 0 Å². The molecule has 0 atom stereocenters. The van der Waals surface area contributed by atoms with E-state index in [4.69, 9.17) is 18.6 Å². The van der Waals surface area contributed by atoms with Gasteiger partial charge in [0.25, 0.3) is 5.91 Å². The number of carbonyl (C=O) groups is 2. The lowest BCUT2D eigenvalue weighted by Gasteiger charge is -2.18. The molecule has 1 aromatic heterocycles. The molecular formula is C17H15NO6. The molecule has 1 N–H and O–H groups in total. The molecule has 7 heteroatoms. The molecule has 0 spiro atoms. The second-order valence-electron chi connectivity index (χ2n) is 4.86. The lowest BCUT2D eigenvalue weighted by Crippen LogP contribution is -2.20. The van der Waals surface area contributed by atoms with Crippen LogP contribution in [-0.4, -0.2) is 31.7 Å². The highest BCUT2D eigenvalue weighted by Gasteiger charge is 2.13. The van der Waals surface area contributed by atoms with Gasteiger partial charge in [0.2, 0.25) is 0 Å². The Hall–Kier alpha value is -3.22. The Morgan fingerprint density at radius 1 is 1.17 bits per heavy atom. The van der Waals surface area contributed by atoms with Crippen LogP contribution in [0, 0.1) is 0 Å². The molecule has 0 saturated heterocycles. The standard InChI is InChI=1S/C17H15NO6/c19-16(11-24-17(20)6-4-13-2-1-7-21-13)18-12-3-5-14-15(10-12)23-9-8-22-14/h1-7,10H,8-9,11H2,(H,18,19)/b6-4+. The Bertz CT molecular complexity index is 750. The van der Waals surface area contributed by atoms with Crippen molar-refractivity contribution in [3.8, 4) is 11.5 Å². The smallest absolute Gasteiger partial charge is 0.331 e. The number of benzene rings is 1. The average molecular weight is 329 g/mol. The van der Waals surface area contributed by atoms with Crippen LogP contribution in [0.1, 0.15) is 5.76 Å². The Morgan fingerprint density at radius 3 is 2.79 bits per heavy atom. The first-order valence-corrected chi connectivity index (χ1v) is 7.28. The summed E-state index contributed by atoms with van der Waals surface area (Å²) in [5.74, 6) is 0.633. The van der Waals surface area contributed by atoms with Crippen LogP contribution in [0.3, 0.4) is 0 Å². The molecule has 0 unspecified atom stereocenters. The molecule has 1 aliphatic heterocycles. The summed E-state index contributed by atoms with van der Waals surface area (Å²) in [6, 6.07) is 8.45. The molecule has 0 fully saturated rings. The van der Waals surface area contributed by atoms with E-state index < -0.39 is 18.5 Å². The molecule has 124 valence electrons. The lowest BCUT2D eigenvalue weighted by atomic mass is 10.2. The van der Waals surface area contributed by atoms with Gasteiger partial charge in [-0.3, -0.25) is 4.79 Å². The van der Waals surface area contributed by atoms with Gasteiger partial charge in [0, 0.05) is 17.8 Å². The van der Waals surface area contributed by atoms with Crippen LogP contribution in [-0.2, 0) is 14.3 Å².